The number of amides is 1. The average Bonchev–Trinajstić information content (AvgIpc) is 3.41. The molecule has 2 heterocycles. The minimum absolute atomic E-state index is 0.143. The number of anilines is 1. The van der Waals surface area contributed by atoms with Crippen molar-refractivity contribution in [2.75, 3.05) is 4.90 Å². The molecular formula is C26H19N3O5S. The lowest BCUT2D eigenvalue weighted by Gasteiger charge is -2.22. The van der Waals surface area contributed by atoms with Crippen molar-refractivity contribution in [3.05, 3.63) is 105 Å². The van der Waals surface area contributed by atoms with Crippen LogP contribution in [-0.2, 0) is 16.0 Å². The summed E-state index contributed by atoms with van der Waals surface area (Å²) in [6.45, 7) is 2.04. The first-order valence-corrected chi connectivity index (χ1v) is 11.7. The standard InChI is InChI=1S/C26H19N3O5S/c1-2-15-11-12-19-20(13-15)35-26(27-19)28-22(17-9-6-10-18(14-17)29(33)34)21(24(31)25(28)32)23(30)16-7-4-3-5-8-16/h3-14,22,30H,2H2,1H3/b23-21+. The van der Waals surface area contributed by atoms with E-state index in [1.807, 2.05) is 25.1 Å². The van der Waals surface area contributed by atoms with Crippen LogP contribution in [0.2, 0.25) is 0 Å². The van der Waals surface area contributed by atoms with Crippen LogP contribution >= 0.6 is 11.3 Å². The van der Waals surface area contributed by atoms with Crippen molar-refractivity contribution < 1.29 is 19.6 Å². The third-order valence-electron chi connectivity index (χ3n) is 5.94. The summed E-state index contributed by atoms with van der Waals surface area (Å²) in [5.74, 6) is -2.08. The van der Waals surface area contributed by atoms with Crippen molar-refractivity contribution >= 4 is 49.8 Å². The van der Waals surface area contributed by atoms with Crippen LogP contribution < -0.4 is 4.90 Å². The number of carbonyl (C=O) groups is 2. The highest BCUT2D eigenvalue weighted by atomic mass is 32.1. The number of thiazole rings is 1. The van der Waals surface area contributed by atoms with E-state index in [1.165, 1.54) is 34.4 Å². The molecule has 1 fully saturated rings. The van der Waals surface area contributed by atoms with Gasteiger partial charge in [0.1, 0.15) is 5.76 Å². The molecular weight excluding hydrogens is 466 g/mol. The quantitative estimate of drug-likeness (QED) is 0.133. The third kappa shape index (κ3) is 3.85. The maximum Gasteiger partial charge on any atom is 0.301 e. The molecule has 1 atom stereocenters. The first-order chi connectivity index (χ1) is 16.9. The minimum atomic E-state index is -1.08. The minimum Gasteiger partial charge on any atom is -0.507 e. The molecule has 5 rings (SSSR count). The van der Waals surface area contributed by atoms with Crippen LogP contribution in [0.3, 0.4) is 0 Å². The Hall–Kier alpha value is -4.37. The van der Waals surface area contributed by atoms with Gasteiger partial charge < -0.3 is 5.11 Å². The van der Waals surface area contributed by atoms with Crippen molar-refractivity contribution in [1.82, 2.24) is 4.98 Å². The van der Waals surface area contributed by atoms with Gasteiger partial charge in [-0.1, -0.05) is 66.8 Å². The highest BCUT2D eigenvalue weighted by Gasteiger charge is 2.48. The number of ketones is 1. The molecule has 4 aromatic rings. The number of hydrogen-bond acceptors (Lipinski definition) is 7. The SMILES string of the molecule is CCc1ccc2nc(N3C(=O)C(=O)/C(=C(/O)c4ccccc4)C3c3cccc([N+](=O)[O-])c3)sc2c1. The number of aliphatic hydroxyl groups is 1. The van der Waals surface area contributed by atoms with Crippen molar-refractivity contribution in [2.45, 2.75) is 19.4 Å². The maximum atomic E-state index is 13.3. The summed E-state index contributed by atoms with van der Waals surface area (Å²) in [5.41, 5.74) is 2.13. The molecule has 8 nitrogen and oxygen atoms in total. The number of Topliss-reactive ketones (excluding diaryl/α,β-unsaturated/α-hetero) is 1. The van der Waals surface area contributed by atoms with E-state index in [2.05, 4.69) is 4.98 Å². The fraction of sp³-hybridized carbons (Fsp3) is 0.115. The summed E-state index contributed by atoms with van der Waals surface area (Å²) in [7, 11) is 0. The van der Waals surface area contributed by atoms with Crippen molar-refractivity contribution in [2.24, 2.45) is 0 Å². The Morgan fingerprint density at radius 3 is 2.57 bits per heavy atom. The second-order valence-electron chi connectivity index (χ2n) is 8.04. The fourth-order valence-electron chi connectivity index (χ4n) is 4.19. The molecule has 174 valence electrons. The van der Waals surface area contributed by atoms with Gasteiger partial charge in [0, 0.05) is 17.7 Å². The molecule has 1 aliphatic rings. The first kappa shape index (κ1) is 22.4. The molecule has 0 spiro atoms. The second-order valence-corrected chi connectivity index (χ2v) is 9.05. The number of rotatable bonds is 5. The Bertz CT molecular complexity index is 1530. The number of non-ortho nitro benzene ring substituents is 1. The van der Waals surface area contributed by atoms with Gasteiger partial charge in [0.2, 0.25) is 0 Å². The Morgan fingerprint density at radius 2 is 1.86 bits per heavy atom. The third-order valence-corrected chi connectivity index (χ3v) is 6.96. The number of nitrogens with zero attached hydrogens (tertiary/aromatic N) is 3. The zero-order valence-electron chi connectivity index (χ0n) is 18.5. The van der Waals surface area contributed by atoms with E-state index in [4.69, 9.17) is 0 Å². The number of aromatic nitrogens is 1. The largest absolute Gasteiger partial charge is 0.507 e. The van der Waals surface area contributed by atoms with E-state index >= 15 is 0 Å². The number of aryl methyl sites for hydroxylation is 1. The predicted octanol–water partition coefficient (Wildman–Crippen LogP) is 5.39. The summed E-state index contributed by atoms with van der Waals surface area (Å²) in [4.78, 5) is 43.3. The maximum absolute atomic E-state index is 13.3. The molecule has 1 aliphatic heterocycles. The number of hydrogen-bond donors (Lipinski definition) is 1. The Morgan fingerprint density at radius 1 is 1.09 bits per heavy atom. The fourth-order valence-corrected chi connectivity index (χ4v) is 5.24. The normalized spacial score (nSPS) is 17.3. The molecule has 0 saturated carbocycles. The van der Waals surface area contributed by atoms with Gasteiger partial charge in [-0.05, 0) is 29.7 Å². The summed E-state index contributed by atoms with van der Waals surface area (Å²) in [5, 5.41) is 22.8. The molecule has 1 saturated heterocycles. The van der Waals surface area contributed by atoms with Crippen LogP contribution in [0.15, 0.2) is 78.4 Å². The molecule has 0 bridgehead atoms. The van der Waals surface area contributed by atoms with Gasteiger partial charge in [-0.15, -0.1) is 0 Å². The first-order valence-electron chi connectivity index (χ1n) is 10.9. The molecule has 9 heteroatoms. The molecule has 1 amide bonds. The van der Waals surface area contributed by atoms with E-state index in [9.17, 15) is 24.8 Å². The summed E-state index contributed by atoms with van der Waals surface area (Å²) in [6, 6.07) is 18.8. The van der Waals surface area contributed by atoms with E-state index < -0.39 is 22.7 Å². The molecule has 3 aromatic carbocycles. The lowest BCUT2D eigenvalue weighted by Crippen LogP contribution is -2.29. The smallest absolute Gasteiger partial charge is 0.301 e. The lowest BCUT2D eigenvalue weighted by molar-refractivity contribution is -0.384. The number of nitro groups is 1. The van der Waals surface area contributed by atoms with Crippen molar-refractivity contribution in [1.29, 1.82) is 0 Å². The van der Waals surface area contributed by atoms with E-state index in [-0.39, 0.29) is 22.2 Å². The molecule has 35 heavy (non-hydrogen) atoms. The highest BCUT2D eigenvalue weighted by Crippen LogP contribution is 2.44. The summed E-state index contributed by atoms with van der Waals surface area (Å²) >= 11 is 1.25. The lowest BCUT2D eigenvalue weighted by atomic mass is 9.95. The second kappa shape index (κ2) is 8.77. The molecule has 0 aliphatic carbocycles. The van der Waals surface area contributed by atoms with Gasteiger partial charge in [0.25, 0.3) is 11.5 Å². The molecule has 1 N–H and O–H groups in total. The summed E-state index contributed by atoms with van der Waals surface area (Å²) in [6.07, 6.45) is 0.832. The molecule has 1 unspecified atom stereocenters. The average molecular weight is 486 g/mol. The van der Waals surface area contributed by atoms with Crippen LogP contribution in [0.1, 0.15) is 29.7 Å². The van der Waals surface area contributed by atoms with Gasteiger partial charge in [-0.25, -0.2) is 4.98 Å². The van der Waals surface area contributed by atoms with E-state index in [0.717, 1.165) is 16.7 Å². The van der Waals surface area contributed by atoms with Crippen LogP contribution in [0.4, 0.5) is 10.8 Å². The topological polar surface area (TPSA) is 114 Å². The molecule has 1 aromatic heterocycles. The number of nitro benzene ring substituents is 1. The molecule has 0 radical (unpaired) electrons. The van der Waals surface area contributed by atoms with Crippen molar-refractivity contribution in [3.8, 4) is 0 Å². The number of carbonyl (C=O) groups excluding carboxylic acids is 2. The van der Waals surface area contributed by atoms with Gasteiger partial charge >= 0.3 is 5.91 Å². The Kier molecular flexibility index (Phi) is 5.62. The van der Waals surface area contributed by atoms with Gasteiger partial charge in [-0.2, -0.15) is 0 Å². The van der Waals surface area contributed by atoms with Crippen molar-refractivity contribution in [3.63, 3.8) is 0 Å². The number of benzene rings is 3. The van der Waals surface area contributed by atoms with Crippen LogP contribution in [-0.4, -0.2) is 26.7 Å². The van der Waals surface area contributed by atoms with Gasteiger partial charge in [0.05, 0.1) is 26.8 Å². The summed E-state index contributed by atoms with van der Waals surface area (Å²) < 4.78 is 0.849. The van der Waals surface area contributed by atoms with Crippen LogP contribution in [0.25, 0.3) is 16.0 Å². The monoisotopic (exact) mass is 485 g/mol. The van der Waals surface area contributed by atoms with Crippen LogP contribution in [0.5, 0.6) is 0 Å². The van der Waals surface area contributed by atoms with E-state index in [1.54, 1.807) is 36.4 Å². The highest BCUT2D eigenvalue weighted by molar-refractivity contribution is 7.22. The zero-order chi connectivity index (χ0) is 24.7. The van der Waals surface area contributed by atoms with Crippen LogP contribution in [0, 0.1) is 10.1 Å². The van der Waals surface area contributed by atoms with Gasteiger partial charge in [-0.3, -0.25) is 24.6 Å². The Labute approximate surface area is 203 Å². The van der Waals surface area contributed by atoms with E-state index in [0.29, 0.717) is 16.6 Å². The van der Waals surface area contributed by atoms with Gasteiger partial charge in [0.15, 0.2) is 5.13 Å². The zero-order valence-corrected chi connectivity index (χ0v) is 19.4. The number of aliphatic hydroxyl groups excluding tert-OH is 1. The predicted molar refractivity (Wildman–Crippen MR) is 133 cm³/mol. The Balaban J connectivity index is 1.74. The number of fused-ring (bicyclic) bond motifs is 1.